The minimum atomic E-state index is -1.06. The van der Waals surface area contributed by atoms with Crippen molar-refractivity contribution in [3.63, 3.8) is 0 Å². The molecule has 0 fully saturated rings. The lowest BCUT2D eigenvalue weighted by atomic mass is 9.65. The highest BCUT2D eigenvalue weighted by Crippen LogP contribution is 2.43. The van der Waals surface area contributed by atoms with E-state index in [2.05, 4.69) is 32.1 Å². The van der Waals surface area contributed by atoms with E-state index in [0.717, 1.165) is 12.8 Å². The molecule has 5 heteroatoms. The van der Waals surface area contributed by atoms with E-state index >= 15 is 0 Å². The number of carboxylic acids is 1. The average Bonchev–Trinajstić information content (AvgIpc) is 2.45. The first kappa shape index (κ1) is 19.2. The maximum absolute atomic E-state index is 10.6. The fourth-order valence-corrected chi connectivity index (χ4v) is 4.23. The highest BCUT2D eigenvalue weighted by atomic mass is 16.4. The van der Waals surface area contributed by atoms with E-state index in [1.165, 1.54) is 5.57 Å². The lowest BCUT2D eigenvalue weighted by molar-refractivity contribution is -0.139. The molecule has 0 aliphatic heterocycles. The summed E-state index contributed by atoms with van der Waals surface area (Å²) in [5.41, 5.74) is 1.20. The minimum Gasteiger partial charge on any atom is -0.481 e. The van der Waals surface area contributed by atoms with Crippen LogP contribution in [0.25, 0.3) is 0 Å². The highest BCUT2D eigenvalue weighted by Gasteiger charge is 2.38. The molecular weight excluding hydrogens is 308 g/mol. The van der Waals surface area contributed by atoms with Crippen molar-refractivity contribution in [1.29, 1.82) is 0 Å². The number of aliphatic hydroxyl groups excluding tert-OH is 3. The molecule has 0 saturated carbocycles. The van der Waals surface area contributed by atoms with Crippen LogP contribution in [0.5, 0.6) is 0 Å². The van der Waals surface area contributed by atoms with Crippen LogP contribution in [0.15, 0.2) is 23.8 Å². The number of aliphatic carboxylic acids is 1. The topological polar surface area (TPSA) is 98.0 Å². The van der Waals surface area contributed by atoms with Crippen LogP contribution in [0.4, 0.5) is 0 Å². The molecule has 1 unspecified atom stereocenters. The van der Waals surface area contributed by atoms with Crippen LogP contribution in [-0.2, 0) is 4.79 Å². The molecule has 136 valence electrons. The summed E-state index contributed by atoms with van der Waals surface area (Å²) in [6, 6.07) is 0. The van der Waals surface area contributed by atoms with Gasteiger partial charge in [0, 0.05) is 5.92 Å². The van der Waals surface area contributed by atoms with Crippen LogP contribution in [-0.4, -0.2) is 44.7 Å². The molecule has 0 amide bonds. The van der Waals surface area contributed by atoms with Gasteiger partial charge < -0.3 is 20.4 Å². The molecule has 0 heterocycles. The van der Waals surface area contributed by atoms with Gasteiger partial charge in [0.1, 0.15) is 0 Å². The van der Waals surface area contributed by atoms with Gasteiger partial charge in [-0.15, -0.1) is 0 Å². The van der Waals surface area contributed by atoms with Gasteiger partial charge in [0.25, 0.3) is 0 Å². The molecule has 5 nitrogen and oxygen atoms in total. The molecule has 0 spiro atoms. The van der Waals surface area contributed by atoms with Crippen molar-refractivity contribution in [2.75, 3.05) is 0 Å². The van der Waals surface area contributed by atoms with Gasteiger partial charge in [0.05, 0.1) is 24.7 Å². The summed E-state index contributed by atoms with van der Waals surface area (Å²) in [7, 11) is 0. The van der Waals surface area contributed by atoms with Gasteiger partial charge in [0.15, 0.2) is 0 Å². The predicted molar refractivity (Wildman–Crippen MR) is 91.3 cm³/mol. The number of hydrogen-bond donors (Lipinski definition) is 4. The summed E-state index contributed by atoms with van der Waals surface area (Å²) in [4.78, 5) is 10.6. The maximum Gasteiger partial charge on any atom is 0.305 e. The van der Waals surface area contributed by atoms with Gasteiger partial charge in [-0.25, -0.2) is 0 Å². The molecule has 2 aliphatic rings. The van der Waals surface area contributed by atoms with E-state index in [-0.39, 0.29) is 30.8 Å². The van der Waals surface area contributed by atoms with Gasteiger partial charge in [-0.2, -0.15) is 0 Å². The number of hydrogen-bond acceptors (Lipinski definition) is 4. The molecule has 2 aliphatic carbocycles. The van der Waals surface area contributed by atoms with E-state index in [9.17, 15) is 20.1 Å². The Balaban J connectivity index is 1.94. The molecule has 24 heavy (non-hydrogen) atoms. The Morgan fingerprint density at radius 3 is 2.67 bits per heavy atom. The molecule has 0 bridgehead atoms. The number of rotatable bonds is 7. The lowest BCUT2D eigenvalue weighted by Gasteiger charge is -2.41. The van der Waals surface area contributed by atoms with Crippen LogP contribution in [0.2, 0.25) is 0 Å². The standard InChI is InChI=1S/C19H30O5/c1-11-7-13-4-3-12(2)16(19(13)17(22)8-11)6-5-14(20)9-15(21)10-18(23)24/h3-4,7,11-12,14-17,19-22H,5-6,8-10H2,1-2H3,(H,23,24)/t11-,12-,14+,15+,16-,17?,19-/m0/s1. The number of carbonyl (C=O) groups is 1. The monoisotopic (exact) mass is 338 g/mol. The molecule has 7 atom stereocenters. The van der Waals surface area contributed by atoms with Crippen molar-refractivity contribution in [1.82, 2.24) is 0 Å². The third-order valence-electron chi connectivity index (χ3n) is 5.41. The van der Waals surface area contributed by atoms with Crippen molar-refractivity contribution in [3.05, 3.63) is 23.8 Å². The quantitative estimate of drug-likeness (QED) is 0.570. The zero-order chi connectivity index (χ0) is 17.9. The van der Waals surface area contributed by atoms with Crippen LogP contribution in [0.1, 0.15) is 46.0 Å². The van der Waals surface area contributed by atoms with Gasteiger partial charge in [-0.1, -0.05) is 32.1 Å². The molecular formula is C19H30O5. The molecule has 0 aromatic rings. The Bertz CT molecular complexity index is 498. The second kappa shape index (κ2) is 8.28. The van der Waals surface area contributed by atoms with Crippen molar-refractivity contribution in [2.24, 2.45) is 23.7 Å². The Morgan fingerprint density at radius 2 is 2.00 bits per heavy atom. The van der Waals surface area contributed by atoms with Crippen molar-refractivity contribution in [3.8, 4) is 0 Å². The summed E-state index contributed by atoms with van der Waals surface area (Å²) < 4.78 is 0. The lowest BCUT2D eigenvalue weighted by Crippen LogP contribution is -2.38. The zero-order valence-corrected chi connectivity index (χ0v) is 14.5. The first-order chi connectivity index (χ1) is 11.3. The Morgan fingerprint density at radius 1 is 1.29 bits per heavy atom. The second-order valence-corrected chi connectivity index (χ2v) is 7.57. The minimum absolute atomic E-state index is 0.0796. The van der Waals surface area contributed by atoms with E-state index in [1.807, 2.05) is 0 Å². The van der Waals surface area contributed by atoms with E-state index in [4.69, 9.17) is 5.11 Å². The van der Waals surface area contributed by atoms with Crippen LogP contribution in [0.3, 0.4) is 0 Å². The predicted octanol–water partition coefficient (Wildman–Crippen LogP) is 2.12. The van der Waals surface area contributed by atoms with E-state index in [1.54, 1.807) is 0 Å². The van der Waals surface area contributed by atoms with Crippen LogP contribution >= 0.6 is 0 Å². The number of carboxylic acid groups (broad SMARTS) is 1. The third kappa shape index (κ3) is 4.91. The smallest absolute Gasteiger partial charge is 0.305 e. The first-order valence-electron chi connectivity index (χ1n) is 8.93. The third-order valence-corrected chi connectivity index (χ3v) is 5.41. The summed E-state index contributed by atoms with van der Waals surface area (Å²) >= 11 is 0. The van der Waals surface area contributed by atoms with E-state index in [0.29, 0.717) is 18.3 Å². The van der Waals surface area contributed by atoms with Crippen molar-refractivity contribution < 1.29 is 25.2 Å². The summed E-state index contributed by atoms with van der Waals surface area (Å²) in [5, 5.41) is 38.9. The number of allylic oxidation sites excluding steroid dienone is 3. The first-order valence-corrected chi connectivity index (χ1v) is 8.93. The molecule has 0 aromatic heterocycles. The molecule has 0 radical (unpaired) electrons. The van der Waals surface area contributed by atoms with Gasteiger partial charge >= 0.3 is 5.97 Å². The Hall–Kier alpha value is -1.17. The SMILES string of the molecule is C[C@H]1C=C2C=C[C@H](C)[C@H](CC[C@@H](O)C[C@@H](O)CC(=O)O)[C@H]2C(O)C1. The maximum atomic E-state index is 10.6. The fourth-order valence-electron chi connectivity index (χ4n) is 4.23. The van der Waals surface area contributed by atoms with Gasteiger partial charge in [-0.3, -0.25) is 4.79 Å². The zero-order valence-electron chi connectivity index (χ0n) is 14.5. The Kier molecular flexibility index (Phi) is 6.61. The number of fused-ring (bicyclic) bond motifs is 1. The molecule has 0 saturated heterocycles. The molecule has 2 rings (SSSR count). The molecule has 0 aromatic carbocycles. The summed E-state index contributed by atoms with van der Waals surface area (Å²) in [6.07, 6.45) is 6.20. The summed E-state index contributed by atoms with van der Waals surface area (Å²) in [6.45, 7) is 4.25. The normalized spacial score (nSPS) is 35.0. The van der Waals surface area contributed by atoms with Crippen molar-refractivity contribution >= 4 is 5.97 Å². The molecule has 4 N–H and O–H groups in total. The highest BCUT2D eigenvalue weighted by molar-refractivity contribution is 5.67. The van der Waals surface area contributed by atoms with Crippen molar-refractivity contribution in [2.45, 2.75) is 64.3 Å². The largest absolute Gasteiger partial charge is 0.481 e. The second-order valence-electron chi connectivity index (χ2n) is 7.57. The van der Waals surface area contributed by atoms with E-state index < -0.39 is 18.2 Å². The Labute approximate surface area is 143 Å². The fraction of sp³-hybridized carbons (Fsp3) is 0.737. The van der Waals surface area contributed by atoms with Crippen LogP contribution in [0, 0.1) is 23.7 Å². The van der Waals surface area contributed by atoms with Crippen LogP contribution < -0.4 is 0 Å². The number of aliphatic hydroxyl groups is 3. The summed E-state index contributed by atoms with van der Waals surface area (Å²) in [5.74, 6) is 0.00962. The van der Waals surface area contributed by atoms with Gasteiger partial charge in [-0.05, 0) is 49.0 Å². The average molecular weight is 338 g/mol. The van der Waals surface area contributed by atoms with Gasteiger partial charge in [0.2, 0.25) is 0 Å².